The fraction of sp³-hybridized carbons (Fsp3) is 0.0909. The Balaban J connectivity index is 2.49. The summed E-state index contributed by atoms with van der Waals surface area (Å²) in [5, 5.41) is 10.9. The summed E-state index contributed by atoms with van der Waals surface area (Å²) in [5.74, 6) is 0.652. The van der Waals surface area contributed by atoms with Crippen molar-refractivity contribution in [3.8, 4) is 5.69 Å². The Hall–Kier alpha value is -2.10. The highest BCUT2D eigenvalue weighted by Gasteiger charge is 2.07. The molecule has 15 heavy (non-hydrogen) atoms. The van der Waals surface area contributed by atoms with E-state index in [1.165, 1.54) is 12.4 Å². The van der Waals surface area contributed by atoms with Gasteiger partial charge in [0.05, 0.1) is 18.3 Å². The highest BCUT2D eigenvalue weighted by molar-refractivity contribution is 5.29. The minimum atomic E-state index is 0.652. The third-order valence-corrected chi connectivity index (χ3v) is 2.20. The minimum Gasteiger partial charge on any atom is -0.619 e. The Kier molecular flexibility index (Phi) is 2.25. The molecule has 0 saturated heterocycles. The van der Waals surface area contributed by atoms with Gasteiger partial charge >= 0.3 is 0 Å². The summed E-state index contributed by atoms with van der Waals surface area (Å²) in [7, 11) is 0. The first-order valence-corrected chi connectivity index (χ1v) is 4.64. The summed E-state index contributed by atoms with van der Waals surface area (Å²) in [6.07, 6.45) is 4.78. The van der Waals surface area contributed by atoms with Gasteiger partial charge in [0.15, 0.2) is 12.4 Å². The molecule has 0 aliphatic rings. The molecular formula is C11H12N3O+. The molecule has 0 atom stereocenters. The molecule has 2 aromatic rings. The zero-order chi connectivity index (χ0) is 10.8. The summed E-state index contributed by atoms with van der Waals surface area (Å²) in [4.78, 5) is 0. The van der Waals surface area contributed by atoms with Crippen molar-refractivity contribution < 1.29 is 9.30 Å². The van der Waals surface area contributed by atoms with Gasteiger partial charge in [-0.05, 0) is 18.6 Å². The third kappa shape index (κ3) is 1.88. The molecule has 0 aliphatic carbocycles. The van der Waals surface area contributed by atoms with Crippen LogP contribution in [0.25, 0.3) is 5.69 Å². The Labute approximate surface area is 87.8 Å². The van der Waals surface area contributed by atoms with E-state index < -0.39 is 0 Å². The van der Waals surface area contributed by atoms with Gasteiger partial charge in [-0.25, -0.2) is 0 Å². The molecule has 0 radical (unpaired) electrons. The lowest BCUT2D eigenvalue weighted by Crippen LogP contribution is -2.35. The van der Waals surface area contributed by atoms with E-state index in [4.69, 9.17) is 5.73 Å². The Morgan fingerprint density at radius 2 is 1.80 bits per heavy atom. The smallest absolute Gasteiger partial charge is 0.277 e. The molecule has 0 spiro atoms. The Bertz CT molecular complexity index is 480. The summed E-state index contributed by atoms with van der Waals surface area (Å²) in [5.41, 5.74) is 7.85. The average molecular weight is 202 g/mol. The number of hydrogen-bond donors (Lipinski definition) is 1. The molecule has 2 aromatic heterocycles. The van der Waals surface area contributed by atoms with Crippen molar-refractivity contribution in [2.24, 2.45) is 0 Å². The van der Waals surface area contributed by atoms with E-state index in [2.05, 4.69) is 0 Å². The van der Waals surface area contributed by atoms with Gasteiger partial charge in [-0.2, -0.15) is 9.30 Å². The lowest BCUT2D eigenvalue weighted by atomic mass is 10.3. The largest absolute Gasteiger partial charge is 0.619 e. The second-order valence-corrected chi connectivity index (χ2v) is 3.42. The van der Waals surface area contributed by atoms with Crippen molar-refractivity contribution in [1.29, 1.82) is 0 Å². The first-order valence-electron chi connectivity index (χ1n) is 4.64. The number of nitrogen functional groups attached to an aromatic ring is 1. The first kappa shape index (κ1) is 9.45. The van der Waals surface area contributed by atoms with Crippen molar-refractivity contribution in [2.45, 2.75) is 6.92 Å². The van der Waals surface area contributed by atoms with Gasteiger partial charge in [0.1, 0.15) is 5.69 Å². The van der Waals surface area contributed by atoms with Crippen LogP contribution in [-0.2, 0) is 0 Å². The fourth-order valence-corrected chi connectivity index (χ4v) is 1.43. The number of hydrogen-bond acceptors (Lipinski definition) is 2. The van der Waals surface area contributed by atoms with Gasteiger partial charge in [-0.15, -0.1) is 0 Å². The predicted octanol–water partition coefficient (Wildman–Crippen LogP) is 0.487. The van der Waals surface area contributed by atoms with E-state index in [1.54, 1.807) is 12.1 Å². The Morgan fingerprint density at radius 1 is 1.13 bits per heavy atom. The van der Waals surface area contributed by atoms with Crippen molar-refractivity contribution >= 4 is 5.82 Å². The van der Waals surface area contributed by atoms with E-state index in [1.807, 2.05) is 29.8 Å². The van der Waals surface area contributed by atoms with Crippen LogP contribution in [0.15, 0.2) is 42.9 Å². The number of anilines is 1. The maximum atomic E-state index is 10.9. The average Bonchev–Trinajstić information content (AvgIpc) is 2.20. The lowest BCUT2D eigenvalue weighted by Gasteiger charge is -2.02. The van der Waals surface area contributed by atoms with Crippen LogP contribution >= 0.6 is 0 Å². The van der Waals surface area contributed by atoms with Gasteiger partial charge in [-0.1, -0.05) is 0 Å². The number of nitrogens with zero attached hydrogens (tertiary/aromatic N) is 2. The zero-order valence-electron chi connectivity index (χ0n) is 8.42. The van der Waals surface area contributed by atoms with Crippen molar-refractivity contribution in [3.05, 3.63) is 53.6 Å². The standard InChI is InChI=1S/C11H11N3O/c1-9-2-7-14(11(12)8-9)10-3-5-13(15)6-4-10/h2-8,12H,1H3/p+1. The highest BCUT2D eigenvalue weighted by atomic mass is 16.5. The molecule has 4 nitrogen and oxygen atoms in total. The van der Waals surface area contributed by atoms with Crippen LogP contribution in [0.1, 0.15) is 5.56 Å². The van der Waals surface area contributed by atoms with E-state index in [9.17, 15) is 5.21 Å². The van der Waals surface area contributed by atoms with E-state index in [-0.39, 0.29) is 0 Å². The van der Waals surface area contributed by atoms with Gasteiger partial charge in [0.25, 0.3) is 5.82 Å². The summed E-state index contributed by atoms with van der Waals surface area (Å²) in [6.45, 7) is 1.98. The van der Waals surface area contributed by atoms with E-state index in [0.717, 1.165) is 16.0 Å². The molecule has 0 bridgehead atoms. The van der Waals surface area contributed by atoms with Crippen LogP contribution in [0.5, 0.6) is 0 Å². The minimum absolute atomic E-state index is 0.652. The van der Waals surface area contributed by atoms with E-state index >= 15 is 0 Å². The molecule has 4 heteroatoms. The van der Waals surface area contributed by atoms with Crippen LogP contribution < -0.4 is 15.0 Å². The fourth-order valence-electron chi connectivity index (χ4n) is 1.43. The van der Waals surface area contributed by atoms with Crippen LogP contribution in [0, 0.1) is 12.1 Å². The van der Waals surface area contributed by atoms with Crippen LogP contribution in [0.3, 0.4) is 0 Å². The van der Waals surface area contributed by atoms with Crippen molar-refractivity contribution in [3.63, 3.8) is 0 Å². The molecule has 76 valence electrons. The maximum absolute atomic E-state index is 10.9. The maximum Gasteiger partial charge on any atom is 0.277 e. The summed E-state index contributed by atoms with van der Waals surface area (Å²) < 4.78 is 2.57. The number of pyridine rings is 2. The molecule has 0 saturated carbocycles. The number of aromatic nitrogens is 2. The van der Waals surface area contributed by atoms with Crippen LogP contribution in [0.2, 0.25) is 0 Å². The van der Waals surface area contributed by atoms with Gasteiger partial charge in [0.2, 0.25) is 0 Å². The van der Waals surface area contributed by atoms with Crippen molar-refractivity contribution in [2.75, 3.05) is 5.73 Å². The topological polar surface area (TPSA) is 56.8 Å². The molecule has 2 N–H and O–H groups in total. The first-order chi connectivity index (χ1) is 7.16. The second-order valence-electron chi connectivity index (χ2n) is 3.42. The monoisotopic (exact) mass is 202 g/mol. The van der Waals surface area contributed by atoms with E-state index in [0.29, 0.717) is 5.82 Å². The lowest BCUT2D eigenvalue weighted by molar-refractivity contribution is -0.612. The number of aryl methyl sites for hydroxylation is 1. The van der Waals surface area contributed by atoms with Gasteiger partial charge < -0.3 is 5.21 Å². The molecule has 2 heterocycles. The molecule has 0 aliphatic heterocycles. The van der Waals surface area contributed by atoms with Gasteiger partial charge in [-0.3, -0.25) is 5.73 Å². The normalized spacial score (nSPS) is 10.2. The number of nitrogens with two attached hydrogens (primary N) is 1. The zero-order valence-corrected chi connectivity index (χ0v) is 8.42. The number of rotatable bonds is 1. The Morgan fingerprint density at radius 3 is 2.40 bits per heavy atom. The SMILES string of the molecule is Cc1cc[n+](-c2cc[n+]([O-])cc2)c(N)c1. The quantitative estimate of drug-likeness (QED) is 0.540. The molecule has 2 rings (SSSR count). The van der Waals surface area contributed by atoms with Gasteiger partial charge in [0, 0.05) is 6.07 Å². The predicted molar refractivity (Wildman–Crippen MR) is 56.1 cm³/mol. The molecule has 0 fully saturated rings. The summed E-state index contributed by atoms with van der Waals surface area (Å²) in [6, 6.07) is 7.30. The molecule has 0 aromatic carbocycles. The van der Waals surface area contributed by atoms with Crippen LogP contribution in [0.4, 0.5) is 5.82 Å². The third-order valence-electron chi connectivity index (χ3n) is 2.20. The van der Waals surface area contributed by atoms with Crippen LogP contribution in [-0.4, -0.2) is 0 Å². The molecule has 0 unspecified atom stereocenters. The highest BCUT2D eigenvalue weighted by Crippen LogP contribution is 2.03. The summed E-state index contributed by atoms with van der Waals surface area (Å²) >= 11 is 0. The molecule has 0 amide bonds. The molecular weight excluding hydrogens is 190 g/mol. The van der Waals surface area contributed by atoms with Crippen molar-refractivity contribution in [1.82, 2.24) is 0 Å². The second kappa shape index (κ2) is 3.57.